The molecule has 1 fully saturated rings. The van der Waals surface area contributed by atoms with Gasteiger partial charge in [-0.1, -0.05) is 60.7 Å². The van der Waals surface area contributed by atoms with Crippen LogP contribution in [0.1, 0.15) is 29.3 Å². The van der Waals surface area contributed by atoms with E-state index in [-0.39, 0.29) is 18.1 Å². The van der Waals surface area contributed by atoms with Gasteiger partial charge in [0.05, 0.1) is 5.92 Å². The van der Waals surface area contributed by atoms with Crippen molar-refractivity contribution in [1.29, 1.82) is 0 Å². The summed E-state index contributed by atoms with van der Waals surface area (Å²) in [6.07, 6.45) is -0.749. The third kappa shape index (κ3) is 4.17. The van der Waals surface area contributed by atoms with Crippen molar-refractivity contribution in [2.75, 3.05) is 6.54 Å². The first-order valence-corrected chi connectivity index (χ1v) is 8.66. The predicted molar refractivity (Wildman–Crippen MR) is 96.3 cm³/mol. The first-order valence-electron chi connectivity index (χ1n) is 8.66. The molecule has 0 spiro atoms. The van der Waals surface area contributed by atoms with Gasteiger partial charge in [-0.3, -0.25) is 14.4 Å². The molecule has 26 heavy (non-hydrogen) atoms. The molecule has 1 aliphatic rings. The van der Waals surface area contributed by atoms with E-state index < -0.39 is 18.0 Å². The van der Waals surface area contributed by atoms with Crippen LogP contribution in [0.2, 0.25) is 0 Å². The van der Waals surface area contributed by atoms with E-state index >= 15 is 0 Å². The normalized spacial score (nSPS) is 17.8. The molecule has 0 aliphatic carbocycles. The molecule has 0 saturated carbocycles. The van der Waals surface area contributed by atoms with E-state index in [0.717, 1.165) is 5.56 Å². The summed E-state index contributed by atoms with van der Waals surface area (Å²) < 4.78 is 5.33. The Bertz CT molecular complexity index is 788. The Morgan fingerprint density at radius 3 is 2.35 bits per heavy atom. The molecule has 0 aromatic heterocycles. The Balaban J connectivity index is 1.57. The van der Waals surface area contributed by atoms with Crippen molar-refractivity contribution in [2.24, 2.45) is 5.92 Å². The summed E-state index contributed by atoms with van der Waals surface area (Å²) in [4.78, 5) is 38.5. The molecule has 1 aliphatic heterocycles. The highest BCUT2D eigenvalue weighted by molar-refractivity contribution is 6.00. The number of carbonyl (C=O) groups is 3. The minimum atomic E-state index is -0.872. The molecule has 2 aromatic rings. The Kier molecular flexibility index (Phi) is 5.46. The Labute approximate surface area is 152 Å². The van der Waals surface area contributed by atoms with Crippen molar-refractivity contribution in [3.05, 3.63) is 71.8 Å². The highest BCUT2D eigenvalue weighted by atomic mass is 16.5. The van der Waals surface area contributed by atoms with E-state index in [1.165, 1.54) is 0 Å². The van der Waals surface area contributed by atoms with Gasteiger partial charge in [0.1, 0.15) is 0 Å². The van der Waals surface area contributed by atoms with Crippen molar-refractivity contribution in [3.63, 3.8) is 0 Å². The van der Waals surface area contributed by atoms with Crippen LogP contribution in [0.3, 0.4) is 0 Å². The third-order valence-corrected chi connectivity index (χ3v) is 4.48. The van der Waals surface area contributed by atoms with Crippen LogP contribution in [-0.2, 0) is 20.9 Å². The van der Waals surface area contributed by atoms with E-state index in [9.17, 15) is 14.4 Å². The number of rotatable bonds is 6. The topological polar surface area (TPSA) is 63.7 Å². The minimum Gasteiger partial charge on any atom is -0.454 e. The maximum Gasteiger partial charge on any atom is 0.311 e. The summed E-state index contributed by atoms with van der Waals surface area (Å²) in [6, 6.07) is 18.4. The number of benzene rings is 2. The third-order valence-electron chi connectivity index (χ3n) is 4.48. The zero-order valence-electron chi connectivity index (χ0n) is 14.6. The molecule has 5 nitrogen and oxygen atoms in total. The highest BCUT2D eigenvalue weighted by Gasteiger charge is 2.36. The second-order valence-corrected chi connectivity index (χ2v) is 6.47. The number of Topliss-reactive ketones (excluding diaryl/α,β-unsaturated/α-hetero) is 1. The van der Waals surface area contributed by atoms with Crippen LogP contribution in [0.5, 0.6) is 0 Å². The summed E-state index contributed by atoms with van der Waals surface area (Å²) in [5.74, 6) is -1.34. The molecule has 0 N–H and O–H groups in total. The molecule has 1 heterocycles. The number of hydrogen-bond donors (Lipinski definition) is 0. The van der Waals surface area contributed by atoms with Crippen LogP contribution in [0, 0.1) is 5.92 Å². The molecule has 1 saturated heterocycles. The zero-order chi connectivity index (χ0) is 18.5. The van der Waals surface area contributed by atoms with Gasteiger partial charge < -0.3 is 9.64 Å². The number of amides is 1. The molecule has 2 aromatic carbocycles. The van der Waals surface area contributed by atoms with E-state index in [0.29, 0.717) is 18.7 Å². The monoisotopic (exact) mass is 351 g/mol. The van der Waals surface area contributed by atoms with Crippen molar-refractivity contribution >= 4 is 17.7 Å². The summed E-state index contributed by atoms with van der Waals surface area (Å²) in [6.45, 7) is 2.35. The second-order valence-electron chi connectivity index (χ2n) is 6.47. The molecular formula is C21H21NO4. The van der Waals surface area contributed by atoms with Crippen molar-refractivity contribution in [2.45, 2.75) is 26.0 Å². The van der Waals surface area contributed by atoms with Crippen molar-refractivity contribution < 1.29 is 19.1 Å². The fraction of sp³-hybridized carbons (Fsp3) is 0.286. The summed E-state index contributed by atoms with van der Waals surface area (Å²) >= 11 is 0. The van der Waals surface area contributed by atoms with Crippen molar-refractivity contribution in [3.8, 4) is 0 Å². The fourth-order valence-corrected chi connectivity index (χ4v) is 3.05. The first kappa shape index (κ1) is 17.9. The maximum absolute atomic E-state index is 12.4. The molecule has 2 atom stereocenters. The number of likely N-dealkylation sites (tertiary alicyclic amines) is 1. The zero-order valence-corrected chi connectivity index (χ0v) is 14.6. The Morgan fingerprint density at radius 2 is 1.69 bits per heavy atom. The molecule has 134 valence electrons. The second kappa shape index (κ2) is 7.95. The Morgan fingerprint density at radius 1 is 1.08 bits per heavy atom. The van der Waals surface area contributed by atoms with Gasteiger partial charge in [0.2, 0.25) is 11.7 Å². The summed E-state index contributed by atoms with van der Waals surface area (Å²) in [5, 5.41) is 0. The number of hydrogen-bond acceptors (Lipinski definition) is 4. The van der Waals surface area contributed by atoms with Crippen LogP contribution < -0.4 is 0 Å². The average molecular weight is 351 g/mol. The molecular weight excluding hydrogens is 330 g/mol. The quantitative estimate of drug-likeness (QED) is 0.593. The number of ether oxygens (including phenoxy) is 1. The van der Waals surface area contributed by atoms with Crippen LogP contribution in [0.25, 0.3) is 0 Å². The number of carbonyl (C=O) groups excluding carboxylic acids is 3. The molecule has 0 radical (unpaired) electrons. The van der Waals surface area contributed by atoms with Gasteiger partial charge in [0, 0.05) is 25.1 Å². The lowest BCUT2D eigenvalue weighted by atomic mass is 10.1. The maximum atomic E-state index is 12.4. The van der Waals surface area contributed by atoms with Crippen LogP contribution >= 0.6 is 0 Å². The van der Waals surface area contributed by atoms with Gasteiger partial charge in [-0.2, -0.15) is 0 Å². The van der Waals surface area contributed by atoms with Crippen LogP contribution in [0.15, 0.2) is 60.7 Å². The van der Waals surface area contributed by atoms with E-state index in [1.807, 2.05) is 36.4 Å². The van der Waals surface area contributed by atoms with Gasteiger partial charge in [0.15, 0.2) is 6.10 Å². The van der Waals surface area contributed by atoms with Gasteiger partial charge >= 0.3 is 5.97 Å². The van der Waals surface area contributed by atoms with Crippen LogP contribution in [-0.4, -0.2) is 35.2 Å². The SMILES string of the molecule is C[C@@H](OC(=O)[C@@H]1CC(=O)N(Cc2ccccc2)C1)C(=O)c1ccccc1. The van der Waals surface area contributed by atoms with Gasteiger partial charge in [0.25, 0.3) is 0 Å². The Hall–Kier alpha value is -2.95. The molecule has 3 rings (SSSR count). The summed E-state index contributed by atoms with van der Waals surface area (Å²) in [7, 11) is 0. The minimum absolute atomic E-state index is 0.0714. The fourth-order valence-electron chi connectivity index (χ4n) is 3.05. The lowest BCUT2D eigenvalue weighted by Crippen LogP contribution is -2.30. The number of ketones is 1. The first-order chi connectivity index (χ1) is 12.5. The smallest absolute Gasteiger partial charge is 0.311 e. The highest BCUT2D eigenvalue weighted by Crippen LogP contribution is 2.22. The molecule has 0 bridgehead atoms. The van der Waals surface area contributed by atoms with E-state index in [1.54, 1.807) is 36.1 Å². The average Bonchev–Trinajstić information content (AvgIpc) is 3.03. The molecule has 0 unspecified atom stereocenters. The van der Waals surface area contributed by atoms with E-state index in [4.69, 9.17) is 4.74 Å². The standard InChI is InChI=1S/C21H21NO4/c1-15(20(24)17-10-6-3-7-11-17)26-21(25)18-12-19(23)22(14-18)13-16-8-4-2-5-9-16/h2-11,15,18H,12-14H2,1H3/t15-,18-/m1/s1. The molecule has 5 heteroatoms. The number of nitrogens with zero attached hydrogens (tertiary/aromatic N) is 1. The lowest BCUT2D eigenvalue weighted by Gasteiger charge is -2.17. The predicted octanol–water partition coefficient (Wildman–Crippen LogP) is 2.85. The summed E-state index contributed by atoms with van der Waals surface area (Å²) in [5.41, 5.74) is 1.52. The lowest BCUT2D eigenvalue weighted by molar-refractivity contribution is -0.151. The number of esters is 1. The van der Waals surface area contributed by atoms with Gasteiger partial charge in [-0.15, -0.1) is 0 Å². The van der Waals surface area contributed by atoms with E-state index in [2.05, 4.69) is 0 Å². The van der Waals surface area contributed by atoms with Crippen LogP contribution in [0.4, 0.5) is 0 Å². The largest absolute Gasteiger partial charge is 0.454 e. The van der Waals surface area contributed by atoms with Gasteiger partial charge in [-0.05, 0) is 12.5 Å². The van der Waals surface area contributed by atoms with Crippen molar-refractivity contribution in [1.82, 2.24) is 4.90 Å². The van der Waals surface area contributed by atoms with Gasteiger partial charge in [-0.25, -0.2) is 0 Å². The molecule has 1 amide bonds.